The lowest BCUT2D eigenvalue weighted by Crippen LogP contribution is -2.31. The van der Waals surface area contributed by atoms with Gasteiger partial charge in [0, 0.05) is 38.1 Å². The lowest BCUT2D eigenvalue weighted by molar-refractivity contribution is 0.0821. The molecule has 1 aliphatic rings. The van der Waals surface area contributed by atoms with Gasteiger partial charge >= 0.3 is 0 Å². The standard InChI is InChI=1S/C22H24F2N4O2.2ClH/c1-28(2)22(29)18-11-27-21-19(20(18)30-12-13-3-5-25-6-4-13)17(10-26-21)14-7-15(23)9-16(24)8-14;;/h7-11,13,25H,3-6,12H2,1-2H3,(H,26,27);2*1H. The van der Waals surface area contributed by atoms with Gasteiger partial charge in [0.05, 0.1) is 12.0 Å². The first-order valence-corrected chi connectivity index (χ1v) is 9.95. The number of ether oxygens (including phenoxy) is 1. The third kappa shape index (κ3) is 5.31. The summed E-state index contributed by atoms with van der Waals surface area (Å²) < 4.78 is 33.9. The molecule has 0 unspecified atom stereocenters. The number of amides is 1. The highest BCUT2D eigenvalue weighted by atomic mass is 35.5. The molecule has 0 radical (unpaired) electrons. The zero-order valence-corrected chi connectivity index (χ0v) is 19.4. The second-order valence-electron chi connectivity index (χ2n) is 7.79. The molecule has 1 fully saturated rings. The van der Waals surface area contributed by atoms with Crippen LogP contribution in [0, 0.1) is 17.6 Å². The molecule has 1 saturated heterocycles. The van der Waals surface area contributed by atoms with E-state index < -0.39 is 11.6 Å². The molecule has 1 aliphatic heterocycles. The molecule has 174 valence electrons. The molecule has 10 heteroatoms. The largest absolute Gasteiger partial charge is 0.492 e. The van der Waals surface area contributed by atoms with Gasteiger partial charge < -0.3 is 19.9 Å². The van der Waals surface area contributed by atoms with Gasteiger partial charge in [-0.25, -0.2) is 13.8 Å². The molecule has 0 atom stereocenters. The van der Waals surface area contributed by atoms with E-state index in [2.05, 4.69) is 15.3 Å². The maximum absolute atomic E-state index is 13.9. The van der Waals surface area contributed by atoms with Crippen LogP contribution in [0.5, 0.6) is 5.75 Å². The minimum absolute atomic E-state index is 0. The van der Waals surface area contributed by atoms with E-state index in [9.17, 15) is 13.6 Å². The maximum atomic E-state index is 13.9. The first-order chi connectivity index (χ1) is 14.4. The number of nitrogens with zero attached hydrogens (tertiary/aromatic N) is 2. The fourth-order valence-corrected chi connectivity index (χ4v) is 3.80. The van der Waals surface area contributed by atoms with Crippen LogP contribution < -0.4 is 10.1 Å². The van der Waals surface area contributed by atoms with Crippen LogP contribution in [-0.2, 0) is 0 Å². The van der Waals surface area contributed by atoms with Crippen LogP contribution in [0.4, 0.5) is 8.78 Å². The highest BCUT2D eigenvalue weighted by Crippen LogP contribution is 2.38. The van der Waals surface area contributed by atoms with Crippen LogP contribution in [0.3, 0.4) is 0 Å². The van der Waals surface area contributed by atoms with Gasteiger partial charge in [-0.3, -0.25) is 4.79 Å². The number of carbonyl (C=O) groups excluding carboxylic acids is 1. The van der Waals surface area contributed by atoms with Gasteiger partial charge in [0.15, 0.2) is 0 Å². The summed E-state index contributed by atoms with van der Waals surface area (Å²) >= 11 is 0. The molecular formula is C22H26Cl2F2N4O2. The van der Waals surface area contributed by atoms with Crippen molar-refractivity contribution in [2.75, 3.05) is 33.8 Å². The summed E-state index contributed by atoms with van der Waals surface area (Å²) in [6.07, 6.45) is 5.09. The van der Waals surface area contributed by atoms with Crippen molar-refractivity contribution in [2.45, 2.75) is 12.8 Å². The van der Waals surface area contributed by atoms with Crippen LogP contribution in [0.25, 0.3) is 22.2 Å². The number of rotatable bonds is 5. The number of pyridine rings is 1. The van der Waals surface area contributed by atoms with Crippen molar-refractivity contribution >= 4 is 41.8 Å². The lowest BCUT2D eigenvalue weighted by Gasteiger charge is -2.24. The average molecular weight is 487 g/mol. The Labute approximate surface area is 197 Å². The quantitative estimate of drug-likeness (QED) is 0.559. The van der Waals surface area contributed by atoms with Crippen molar-refractivity contribution in [2.24, 2.45) is 5.92 Å². The third-order valence-electron chi connectivity index (χ3n) is 5.39. The summed E-state index contributed by atoms with van der Waals surface area (Å²) in [6.45, 7) is 2.32. The number of benzene rings is 1. The number of fused-ring (bicyclic) bond motifs is 1. The Morgan fingerprint density at radius 1 is 1.16 bits per heavy atom. The predicted molar refractivity (Wildman–Crippen MR) is 125 cm³/mol. The highest BCUT2D eigenvalue weighted by molar-refractivity contribution is 6.06. The summed E-state index contributed by atoms with van der Waals surface area (Å²) in [5, 5.41) is 3.86. The van der Waals surface area contributed by atoms with Gasteiger partial charge in [0.1, 0.15) is 28.6 Å². The van der Waals surface area contributed by atoms with Gasteiger partial charge in [-0.1, -0.05) is 0 Å². The third-order valence-corrected chi connectivity index (χ3v) is 5.39. The van der Waals surface area contributed by atoms with E-state index in [-0.39, 0.29) is 30.7 Å². The molecule has 6 nitrogen and oxygen atoms in total. The second kappa shape index (κ2) is 10.9. The minimum atomic E-state index is -0.676. The van der Waals surface area contributed by atoms with Gasteiger partial charge in [0.2, 0.25) is 0 Å². The monoisotopic (exact) mass is 486 g/mol. The van der Waals surface area contributed by atoms with Gasteiger partial charge in [-0.15, -0.1) is 24.8 Å². The normalized spacial score (nSPS) is 13.9. The topological polar surface area (TPSA) is 70.2 Å². The van der Waals surface area contributed by atoms with E-state index in [0.717, 1.165) is 32.0 Å². The van der Waals surface area contributed by atoms with Crippen molar-refractivity contribution < 1.29 is 18.3 Å². The Kier molecular flexibility index (Phi) is 8.83. The number of H-pyrrole nitrogens is 1. The van der Waals surface area contributed by atoms with E-state index >= 15 is 0 Å². The fraction of sp³-hybridized carbons (Fsp3) is 0.364. The zero-order chi connectivity index (χ0) is 21.3. The van der Waals surface area contributed by atoms with E-state index in [1.165, 1.54) is 23.2 Å². The van der Waals surface area contributed by atoms with Crippen LogP contribution in [0.1, 0.15) is 23.2 Å². The summed E-state index contributed by atoms with van der Waals surface area (Å²) in [4.78, 5) is 21.6. The smallest absolute Gasteiger partial charge is 0.258 e. The van der Waals surface area contributed by atoms with Crippen LogP contribution in [0.15, 0.2) is 30.6 Å². The SMILES string of the molecule is CN(C)C(=O)c1cnc2[nH]cc(-c3cc(F)cc(F)c3)c2c1OCC1CCNCC1.Cl.Cl. The molecule has 1 amide bonds. The van der Waals surface area contributed by atoms with Crippen molar-refractivity contribution in [3.05, 3.63) is 47.8 Å². The summed E-state index contributed by atoms with van der Waals surface area (Å²) in [7, 11) is 3.31. The van der Waals surface area contributed by atoms with Crippen LogP contribution in [-0.4, -0.2) is 54.6 Å². The van der Waals surface area contributed by atoms with Crippen molar-refractivity contribution in [3.8, 4) is 16.9 Å². The number of halogens is 4. The number of aromatic nitrogens is 2. The Morgan fingerprint density at radius 3 is 2.44 bits per heavy atom. The number of carbonyl (C=O) groups is 1. The van der Waals surface area contributed by atoms with E-state index in [4.69, 9.17) is 4.74 Å². The summed E-state index contributed by atoms with van der Waals surface area (Å²) in [5.41, 5.74) is 1.69. The molecule has 0 aliphatic carbocycles. The molecule has 1 aromatic carbocycles. The lowest BCUT2D eigenvalue weighted by atomic mass is 9.99. The first kappa shape index (κ1) is 25.8. The molecule has 3 heterocycles. The highest BCUT2D eigenvalue weighted by Gasteiger charge is 2.24. The van der Waals surface area contributed by atoms with Crippen LogP contribution in [0.2, 0.25) is 0 Å². The summed E-state index contributed by atoms with van der Waals surface area (Å²) in [5.74, 6) is -0.846. The second-order valence-corrected chi connectivity index (χ2v) is 7.79. The summed E-state index contributed by atoms with van der Waals surface area (Å²) in [6, 6.07) is 3.33. The molecule has 32 heavy (non-hydrogen) atoms. The van der Waals surface area contributed by atoms with E-state index in [1.54, 1.807) is 20.3 Å². The Balaban J connectivity index is 0.00000181. The Hall–Kier alpha value is -2.42. The van der Waals surface area contributed by atoms with Crippen LogP contribution >= 0.6 is 24.8 Å². The fourth-order valence-electron chi connectivity index (χ4n) is 3.80. The molecule has 4 rings (SSSR count). The predicted octanol–water partition coefficient (Wildman–Crippen LogP) is 4.43. The molecule has 0 saturated carbocycles. The van der Waals surface area contributed by atoms with Crippen molar-refractivity contribution in [3.63, 3.8) is 0 Å². The maximum Gasteiger partial charge on any atom is 0.258 e. The number of aromatic amines is 1. The van der Waals surface area contributed by atoms with E-state index in [1.807, 2.05) is 0 Å². The number of nitrogens with one attached hydrogen (secondary N) is 2. The first-order valence-electron chi connectivity index (χ1n) is 9.95. The molecule has 0 bridgehead atoms. The Bertz CT molecular complexity index is 1060. The molecular weight excluding hydrogens is 461 g/mol. The van der Waals surface area contributed by atoms with Crippen molar-refractivity contribution in [1.29, 1.82) is 0 Å². The molecule has 2 aromatic heterocycles. The zero-order valence-electron chi connectivity index (χ0n) is 17.8. The van der Waals surface area contributed by atoms with Gasteiger partial charge in [0.25, 0.3) is 5.91 Å². The van der Waals surface area contributed by atoms with Crippen molar-refractivity contribution in [1.82, 2.24) is 20.2 Å². The van der Waals surface area contributed by atoms with E-state index in [0.29, 0.717) is 46.0 Å². The average Bonchev–Trinajstić information content (AvgIpc) is 3.16. The van der Waals surface area contributed by atoms with Gasteiger partial charge in [-0.05, 0) is 49.5 Å². The molecule has 0 spiro atoms. The molecule has 3 aromatic rings. The van der Waals surface area contributed by atoms with Gasteiger partial charge in [-0.2, -0.15) is 0 Å². The Morgan fingerprint density at radius 2 is 1.81 bits per heavy atom. The number of piperidine rings is 1. The molecule has 2 N–H and O–H groups in total. The number of hydrogen-bond acceptors (Lipinski definition) is 4. The minimum Gasteiger partial charge on any atom is -0.492 e. The number of hydrogen-bond donors (Lipinski definition) is 2.